The molecule has 23 heavy (non-hydrogen) atoms. The van der Waals surface area contributed by atoms with Gasteiger partial charge in [-0.15, -0.1) is 0 Å². The van der Waals surface area contributed by atoms with Gasteiger partial charge in [0.2, 0.25) is 5.78 Å². The van der Waals surface area contributed by atoms with E-state index in [4.69, 9.17) is 0 Å². The Hall–Kier alpha value is -2.63. The van der Waals surface area contributed by atoms with Crippen LogP contribution in [-0.4, -0.2) is 37.8 Å². The topological polar surface area (TPSA) is 75.4 Å². The van der Waals surface area contributed by atoms with E-state index in [0.717, 1.165) is 18.5 Å². The molecule has 1 aliphatic heterocycles. The molecule has 120 valence electrons. The number of aryl methyl sites for hydroxylation is 1. The summed E-state index contributed by atoms with van der Waals surface area (Å²) >= 11 is 0. The van der Waals surface area contributed by atoms with Crippen molar-refractivity contribution >= 4 is 11.7 Å². The lowest BCUT2D eigenvalue weighted by atomic mass is 9.94. The van der Waals surface area contributed by atoms with Gasteiger partial charge in [0.1, 0.15) is 5.75 Å². The molecule has 1 amide bonds. The van der Waals surface area contributed by atoms with Crippen molar-refractivity contribution in [3.8, 4) is 5.75 Å². The molecule has 0 radical (unpaired) electrons. The van der Waals surface area contributed by atoms with E-state index in [1.807, 2.05) is 16.8 Å². The lowest BCUT2D eigenvalue weighted by molar-refractivity contribution is -0.141. The number of ketones is 1. The van der Waals surface area contributed by atoms with Gasteiger partial charge in [-0.2, -0.15) is 0 Å². The van der Waals surface area contributed by atoms with Crippen LogP contribution < -0.4 is 0 Å². The molecule has 6 heteroatoms. The number of nitrogens with zero attached hydrogens (tertiary/aromatic N) is 3. The van der Waals surface area contributed by atoms with Crippen LogP contribution in [0, 0.1) is 5.92 Å². The van der Waals surface area contributed by atoms with E-state index < -0.39 is 11.8 Å². The molecule has 0 bridgehead atoms. The Morgan fingerprint density at radius 2 is 2.09 bits per heavy atom. The molecule has 0 spiro atoms. The molecule has 0 aliphatic carbocycles. The van der Waals surface area contributed by atoms with Gasteiger partial charge in [-0.3, -0.25) is 9.59 Å². The first-order chi connectivity index (χ1) is 11.1. The molecule has 6 nitrogen and oxygen atoms in total. The Morgan fingerprint density at radius 1 is 1.26 bits per heavy atom. The van der Waals surface area contributed by atoms with Crippen LogP contribution in [-0.2, 0) is 16.1 Å². The summed E-state index contributed by atoms with van der Waals surface area (Å²) < 4.78 is 1.94. The van der Waals surface area contributed by atoms with Crippen LogP contribution in [0.5, 0.6) is 5.75 Å². The molecule has 1 aromatic carbocycles. The van der Waals surface area contributed by atoms with Crippen LogP contribution in [0.2, 0.25) is 0 Å². The number of amides is 1. The van der Waals surface area contributed by atoms with Crippen molar-refractivity contribution in [2.75, 3.05) is 6.54 Å². The fourth-order valence-electron chi connectivity index (χ4n) is 3.14. The second kappa shape index (κ2) is 6.24. The van der Waals surface area contributed by atoms with Gasteiger partial charge in [0.15, 0.2) is 0 Å². The summed E-state index contributed by atoms with van der Waals surface area (Å²) in [7, 11) is 0. The summed E-state index contributed by atoms with van der Waals surface area (Å²) in [6, 6.07) is 6.46. The average molecular weight is 313 g/mol. The Labute approximate surface area is 134 Å². The molecule has 1 N–H and O–H groups in total. The summed E-state index contributed by atoms with van der Waals surface area (Å²) in [5, 5.41) is 9.68. The summed E-state index contributed by atoms with van der Waals surface area (Å²) in [4.78, 5) is 30.0. The third-order valence-electron chi connectivity index (χ3n) is 4.28. The normalized spacial score (nSPS) is 21.2. The largest absolute Gasteiger partial charge is 0.508 e. The summed E-state index contributed by atoms with van der Waals surface area (Å²) in [6.45, 7) is 3.00. The number of phenolic OH excluding ortho intramolecular Hbond substituents is 1. The minimum absolute atomic E-state index is 0.139. The number of Topliss-reactive ketones (excluding diaryl/α,β-unsaturated/α-hetero) is 1. The Bertz CT molecular complexity index is 712. The van der Waals surface area contributed by atoms with Gasteiger partial charge in [-0.1, -0.05) is 19.1 Å². The number of imidazole rings is 1. The Kier molecular flexibility index (Phi) is 4.14. The van der Waals surface area contributed by atoms with E-state index >= 15 is 0 Å². The van der Waals surface area contributed by atoms with E-state index in [1.54, 1.807) is 42.5 Å². The number of carbonyl (C=O) groups is 2. The lowest BCUT2D eigenvalue weighted by Gasteiger charge is -2.26. The third kappa shape index (κ3) is 2.97. The van der Waals surface area contributed by atoms with Crippen molar-refractivity contribution < 1.29 is 14.7 Å². The van der Waals surface area contributed by atoms with E-state index in [2.05, 4.69) is 4.98 Å². The number of aromatic hydroxyl groups is 1. The highest BCUT2D eigenvalue weighted by molar-refractivity contribution is 6.39. The Balaban J connectivity index is 1.77. The Morgan fingerprint density at radius 3 is 2.78 bits per heavy atom. The molecule has 2 atom stereocenters. The average Bonchev–Trinajstić information content (AvgIpc) is 3.11. The monoisotopic (exact) mass is 313 g/mol. The molecule has 1 aromatic heterocycles. The summed E-state index contributed by atoms with van der Waals surface area (Å²) in [5.74, 6) is -1.06. The highest BCUT2D eigenvalue weighted by Crippen LogP contribution is 2.36. The summed E-state index contributed by atoms with van der Waals surface area (Å²) in [6.07, 6.45) is 6.04. The molecular weight excluding hydrogens is 294 g/mol. The van der Waals surface area contributed by atoms with Crippen LogP contribution in [0.25, 0.3) is 0 Å². The van der Waals surface area contributed by atoms with Crippen LogP contribution >= 0.6 is 0 Å². The molecule has 1 aliphatic rings. The number of benzene rings is 1. The van der Waals surface area contributed by atoms with Crippen LogP contribution in [0.4, 0.5) is 0 Å². The molecule has 0 saturated carbocycles. The maximum Gasteiger partial charge on any atom is 0.290 e. The second-order valence-electron chi connectivity index (χ2n) is 5.85. The highest BCUT2D eigenvalue weighted by Gasteiger charge is 2.45. The molecule has 2 unspecified atom stereocenters. The number of likely N-dealkylation sites (tertiary alicyclic amines) is 1. The first-order valence-electron chi connectivity index (χ1n) is 7.67. The molecular formula is C17H19N3O3. The zero-order valence-corrected chi connectivity index (χ0v) is 12.9. The maximum atomic E-state index is 12.3. The zero-order valence-electron chi connectivity index (χ0n) is 12.9. The van der Waals surface area contributed by atoms with Gasteiger partial charge in [0.05, 0.1) is 12.4 Å². The van der Waals surface area contributed by atoms with Gasteiger partial charge in [0.25, 0.3) is 5.91 Å². The van der Waals surface area contributed by atoms with Gasteiger partial charge in [-0.25, -0.2) is 4.98 Å². The van der Waals surface area contributed by atoms with E-state index in [-0.39, 0.29) is 17.6 Å². The van der Waals surface area contributed by atoms with E-state index in [1.165, 1.54) is 0 Å². The standard InChI is InChI=1S/C17H19N3O3/c1-12-15(13-4-2-5-14(21)10-13)20(17(23)16(12)22)8-3-7-19-9-6-18-11-19/h2,4-6,9-12,15,21H,3,7-8H2,1H3. The molecule has 3 rings (SSSR count). The number of hydrogen-bond donors (Lipinski definition) is 1. The predicted octanol–water partition coefficient (Wildman–Crippen LogP) is 1.77. The van der Waals surface area contributed by atoms with Crippen molar-refractivity contribution in [3.05, 3.63) is 48.5 Å². The van der Waals surface area contributed by atoms with Crippen LogP contribution in [0.1, 0.15) is 24.9 Å². The number of hydrogen-bond acceptors (Lipinski definition) is 4. The lowest BCUT2D eigenvalue weighted by Crippen LogP contribution is -2.31. The van der Waals surface area contributed by atoms with Crippen LogP contribution in [0.3, 0.4) is 0 Å². The van der Waals surface area contributed by atoms with Crippen LogP contribution in [0.15, 0.2) is 43.0 Å². The number of carbonyl (C=O) groups excluding carboxylic acids is 2. The fourth-order valence-corrected chi connectivity index (χ4v) is 3.14. The van der Waals surface area contributed by atoms with Gasteiger partial charge < -0.3 is 14.6 Å². The van der Waals surface area contributed by atoms with Crippen molar-refractivity contribution in [1.29, 1.82) is 0 Å². The zero-order chi connectivity index (χ0) is 16.4. The van der Waals surface area contributed by atoms with Crippen molar-refractivity contribution in [1.82, 2.24) is 14.5 Å². The van der Waals surface area contributed by atoms with Gasteiger partial charge >= 0.3 is 0 Å². The summed E-state index contributed by atoms with van der Waals surface area (Å²) in [5.41, 5.74) is 0.791. The predicted molar refractivity (Wildman–Crippen MR) is 83.6 cm³/mol. The minimum Gasteiger partial charge on any atom is -0.508 e. The molecule has 1 saturated heterocycles. The van der Waals surface area contributed by atoms with E-state index in [0.29, 0.717) is 6.54 Å². The number of aromatic nitrogens is 2. The smallest absolute Gasteiger partial charge is 0.290 e. The first-order valence-corrected chi connectivity index (χ1v) is 7.67. The second-order valence-corrected chi connectivity index (χ2v) is 5.85. The molecule has 1 fully saturated rings. The van der Waals surface area contributed by atoms with Gasteiger partial charge in [-0.05, 0) is 24.1 Å². The maximum absolute atomic E-state index is 12.3. The van der Waals surface area contributed by atoms with Crippen molar-refractivity contribution in [2.24, 2.45) is 5.92 Å². The molecule has 2 aromatic rings. The fraction of sp³-hybridized carbons (Fsp3) is 0.353. The number of phenols is 1. The molecule has 2 heterocycles. The highest BCUT2D eigenvalue weighted by atomic mass is 16.3. The minimum atomic E-state index is -0.434. The van der Waals surface area contributed by atoms with Crippen molar-refractivity contribution in [3.63, 3.8) is 0 Å². The quantitative estimate of drug-likeness (QED) is 0.854. The number of rotatable bonds is 5. The van der Waals surface area contributed by atoms with Gasteiger partial charge in [0, 0.05) is 31.4 Å². The first kappa shape index (κ1) is 15.3. The SMILES string of the molecule is CC1C(=O)C(=O)N(CCCn2ccnc2)C1c1cccc(O)c1. The van der Waals surface area contributed by atoms with E-state index in [9.17, 15) is 14.7 Å². The van der Waals surface area contributed by atoms with Crippen molar-refractivity contribution in [2.45, 2.75) is 25.9 Å². The third-order valence-corrected chi connectivity index (χ3v) is 4.28.